The van der Waals surface area contributed by atoms with Crippen LogP contribution < -0.4 is 5.73 Å². The topological polar surface area (TPSA) is 104 Å². The molecule has 2 bridgehead atoms. The van der Waals surface area contributed by atoms with E-state index >= 15 is 0 Å². The molecule has 0 aromatic carbocycles. The van der Waals surface area contributed by atoms with Crippen LogP contribution >= 0.6 is 0 Å². The number of carbonyl (C=O) groups is 2. The zero-order valence-electron chi connectivity index (χ0n) is 10.7. The fraction of sp³-hybridized carbons (Fsp3) is 0.846. The molecule has 0 spiro atoms. The number of amides is 1. The second-order valence-corrected chi connectivity index (χ2v) is 6.17. The molecule has 3 fully saturated rings. The first-order chi connectivity index (χ1) is 8.99. The van der Waals surface area contributed by atoms with E-state index < -0.39 is 18.1 Å². The van der Waals surface area contributed by atoms with Crippen molar-refractivity contribution in [2.45, 2.75) is 43.9 Å². The molecule has 106 valence electrons. The monoisotopic (exact) mass is 268 g/mol. The minimum atomic E-state index is -1.04. The molecular weight excluding hydrogens is 248 g/mol. The summed E-state index contributed by atoms with van der Waals surface area (Å²) in [5.74, 6) is -0.731. The summed E-state index contributed by atoms with van der Waals surface area (Å²) in [4.78, 5) is 25.1. The Labute approximate surface area is 111 Å². The SMILES string of the molecule is NC1C2CCC(C2)C1C(=O)N1CC(O)C[C@H]1C(=O)O. The zero-order valence-corrected chi connectivity index (χ0v) is 10.7. The number of nitrogens with zero attached hydrogens (tertiary/aromatic N) is 1. The van der Waals surface area contributed by atoms with Crippen LogP contribution in [0, 0.1) is 17.8 Å². The summed E-state index contributed by atoms with van der Waals surface area (Å²) >= 11 is 0. The molecule has 0 aromatic rings. The summed E-state index contributed by atoms with van der Waals surface area (Å²) in [6.45, 7) is 0.121. The van der Waals surface area contributed by atoms with Crippen LogP contribution in [0.3, 0.4) is 0 Å². The van der Waals surface area contributed by atoms with Gasteiger partial charge in [-0.2, -0.15) is 0 Å². The number of aliphatic carboxylic acids is 1. The van der Waals surface area contributed by atoms with Crippen molar-refractivity contribution in [3.05, 3.63) is 0 Å². The van der Waals surface area contributed by atoms with Crippen LogP contribution in [0.2, 0.25) is 0 Å². The number of aliphatic hydroxyl groups is 1. The summed E-state index contributed by atoms with van der Waals surface area (Å²) in [7, 11) is 0. The van der Waals surface area contributed by atoms with E-state index in [0.29, 0.717) is 11.8 Å². The van der Waals surface area contributed by atoms with E-state index in [2.05, 4.69) is 0 Å². The molecule has 6 nitrogen and oxygen atoms in total. The number of carbonyl (C=O) groups excluding carboxylic acids is 1. The van der Waals surface area contributed by atoms with Gasteiger partial charge in [-0.05, 0) is 31.1 Å². The first-order valence-electron chi connectivity index (χ1n) is 6.96. The molecule has 19 heavy (non-hydrogen) atoms. The maximum atomic E-state index is 12.6. The van der Waals surface area contributed by atoms with Gasteiger partial charge in [-0.15, -0.1) is 0 Å². The van der Waals surface area contributed by atoms with Crippen molar-refractivity contribution in [3.8, 4) is 0 Å². The molecule has 3 rings (SSSR count). The first-order valence-corrected chi connectivity index (χ1v) is 6.96. The number of nitrogens with two attached hydrogens (primary N) is 1. The molecule has 5 unspecified atom stereocenters. The van der Waals surface area contributed by atoms with Gasteiger partial charge in [0.1, 0.15) is 6.04 Å². The predicted octanol–water partition coefficient (Wildman–Crippen LogP) is -0.594. The summed E-state index contributed by atoms with van der Waals surface area (Å²) in [5, 5.41) is 18.8. The molecule has 4 N–H and O–H groups in total. The Bertz CT molecular complexity index is 411. The summed E-state index contributed by atoms with van der Waals surface area (Å²) in [5.41, 5.74) is 6.13. The molecule has 3 aliphatic rings. The molecular formula is C13H20N2O4. The Balaban J connectivity index is 1.78. The van der Waals surface area contributed by atoms with Crippen LogP contribution in [0.1, 0.15) is 25.7 Å². The van der Waals surface area contributed by atoms with Gasteiger partial charge in [-0.25, -0.2) is 4.79 Å². The number of β-amino-alcohol motifs (C(OH)–C–C–N with tert-alkyl or cyclic N) is 1. The molecule has 0 radical (unpaired) electrons. The number of rotatable bonds is 2. The highest BCUT2D eigenvalue weighted by molar-refractivity contribution is 5.86. The minimum Gasteiger partial charge on any atom is -0.480 e. The van der Waals surface area contributed by atoms with Gasteiger partial charge in [0.15, 0.2) is 0 Å². The Morgan fingerprint density at radius 3 is 2.42 bits per heavy atom. The third-order valence-electron chi connectivity index (χ3n) is 5.11. The Kier molecular flexibility index (Phi) is 3.02. The van der Waals surface area contributed by atoms with E-state index in [4.69, 9.17) is 10.8 Å². The number of fused-ring (bicyclic) bond motifs is 2. The molecule has 6 heteroatoms. The van der Waals surface area contributed by atoms with E-state index in [9.17, 15) is 14.7 Å². The Morgan fingerprint density at radius 1 is 1.16 bits per heavy atom. The molecule has 1 aliphatic heterocycles. The highest BCUT2D eigenvalue weighted by atomic mass is 16.4. The molecule has 2 saturated carbocycles. The van der Waals surface area contributed by atoms with E-state index in [1.54, 1.807) is 0 Å². The minimum absolute atomic E-state index is 0.121. The van der Waals surface area contributed by atoms with Gasteiger partial charge in [0.05, 0.1) is 12.0 Å². The van der Waals surface area contributed by atoms with Gasteiger partial charge in [-0.3, -0.25) is 4.79 Å². The average Bonchev–Trinajstić information content (AvgIpc) is 3.01. The van der Waals surface area contributed by atoms with Gasteiger partial charge in [-0.1, -0.05) is 0 Å². The van der Waals surface area contributed by atoms with Crippen LogP contribution in [0.5, 0.6) is 0 Å². The van der Waals surface area contributed by atoms with Gasteiger partial charge in [0.25, 0.3) is 0 Å². The standard InChI is InChI=1S/C13H20N2O4/c14-11-7-2-1-6(3-7)10(11)12(17)15-5-8(16)4-9(15)13(18)19/h6-11,16H,1-5,14H2,(H,18,19)/t6?,7?,8?,9-,10?,11?/m0/s1. The summed E-state index contributed by atoms with van der Waals surface area (Å²) < 4.78 is 0. The third kappa shape index (κ3) is 1.94. The second kappa shape index (κ2) is 4.45. The molecule has 1 heterocycles. The fourth-order valence-electron chi connectivity index (χ4n) is 4.19. The van der Waals surface area contributed by atoms with Crippen molar-refractivity contribution in [2.75, 3.05) is 6.54 Å². The largest absolute Gasteiger partial charge is 0.480 e. The van der Waals surface area contributed by atoms with E-state index in [1.165, 1.54) is 4.90 Å². The van der Waals surface area contributed by atoms with Crippen molar-refractivity contribution in [2.24, 2.45) is 23.5 Å². The van der Waals surface area contributed by atoms with Crippen molar-refractivity contribution in [1.82, 2.24) is 4.90 Å². The lowest BCUT2D eigenvalue weighted by Crippen LogP contribution is -2.50. The van der Waals surface area contributed by atoms with E-state index in [-0.39, 0.29) is 30.8 Å². The van der Waals surface area contributed by atoms with Crippen molar-refractivity contribution in [1.29, 1.82) is 0 Å². The third-order valence-corrected chi connectivity index (χ3v) is 5.11. The van der Waals surface area contributed by atoms with Gasteiger partial charge in [0, 0.05) is 19.0 Å². The van der Waals surface area contributed by atoms with Gasteiger partial charge in [0.2, 0.25) is 5.91 Å². The van der Waals surface area contributed by atoms with Crippen molar-refractivity contribution < 1.29 is 19.8 Å². The lowest BCUT2D eigenvalue weighted by Gasteiger charge is -2.32. The van der Waals surface area contributed by atoms with Crippen LogP contribution in [0.25, 0.3) is 0 Å². The number of hydrogen-bond acceptors (Lipinski definition) is 4. The van der Waals surface area contributed by atoms with Gasteiger partial charge >= 0.3 is 5.97 Å². The van der Waals surface area contributed by atoms with Crippen LogP contribution in [0.4, 0.5) is 0 Å². The molecule has 2 aliphatic carbocycles. The molecule has 6 atom stereocenters. The smallest absolute Gasteiger partial charge is 0.326 e. The number of likely N-dealkylation sites (tertiary alicyclic amines) is 1. The quantitative estimate of drug-likeness (QED) is 0.621. The predicted molar refractivity (Wildman–Crippen MR) is 66.1 cm³/mol. The second-order valence-electron chi connectivity index (χ2n) is 6.17. The van der Waals surface area contributed by atoms with Crippen LogP contribution in [-0.4, -0.2) is 51.7 Å². The average molecular weight is 268 g/mol. The maximum Gasteiger partial charge on any atom is 0.326 e. The van der Waals surface area contributed by atoms with E-state index in [0.717, 1.165) is 19.3 Å². The highest BCUT2D eigenvalue weighted by Crippen LogP contribution is 2.48. The number of hydrogen-bond donors (Lipinski definition) is 3. The number of aliphatic hydroxyl groups excluding tert-OH is 1. The fourth-order valence-corrected chi connectivity index (χ4v) is 4.19. The van der Waals surface area contributed by atoms with Crippen LogP contribution in [-0.2, 0) is 9.59 Å². The van der Waals surface area contributed by atoms with Gasteiger partial charge < -0.3 is 20.8 Å². The number of carboxylic acid groups (broad SMARTS) is 1. The molecule has 0 aromatic heterocycles. The first kappa shape index (κ1) is 12.9. The summed E-state index contributed by atoms with van der Waals surface area (Å²) in [6, 6.07) is -1.03. The lowest BCUT2D eigenvalue weighted by atomic mass is 9.84. The van der Waals surface area contributed by atoms with Crippen LogP contribution in [0.15, 0.2) is 0 Å². The summed E-state index contributed by atoms with van der Waals surface area (Å²) in [6.07, 6.45) is 2.48. The number of carboxylic acids is 1. The van der Waals surface area contributed by atoms with Crippen molar-refractivity contribution in [3.63, 3.8) is 0 Å². The lowest BCUT2D eigenvalue weighted by molar-refractivity contribution is -0.151. The Hall–Kier alpha value is -1.14. The maximum absolute atomic E-state index is 12.6. The highest BCUT2D eigenvalue weighted by Gasteiger charge is 2.52. The normalized spacial score (nSPS) is 44.8. The molecule has 1 amide bonds. The Morgan fingerprint density at radius 2 is 1.84 bits per heavy atom. The molecule has 1 saturated heterocycles. The van der Waals surface area contributed by atoms with Crippen molar-refractivity contribution >= 4 is 11.9 Å². The zero-order chi connectivity index (χ0) is 13.7. The van der Waals surface area contributed by atoms with E-state index in [1.807, 2.05) is 0 Å².